The van der Waals surface area contributed by atoms with E-state index in [0.717, 1.165) is 17.7 Å². The summed E-state index contributed by atoms with van der Waals surface area (Å²) in [5.41, 5.74) is 2.91. The highest BCUT2D eigenvalue weighted by atomic mass is 19.1. The molecule has 4 nitrogen and oxygen atoms in total. The molecule has 2 unspecified atom stereocenters. The van der Waals surface area contributed by atoms with Gasteiger partial charge in [-0.2, -0.15) is 5.10 Å². The molecule has 1 aromatic carbocycles. The van der Waals surface area contributed by atoms with Crippen molar-refractivity contribution >= 4 is 0 Å². The van der Waals surface area contributed by atoms with Crippen LogP contribution in [0.15, 0.2) is 30.5 Å². The third-order valence-electron chi connectivity index (χ3n) is 3.63. The summed E-state index contributed by atoms with van der Waals surface area (Å²) in [6, 6.07) is 5.81. The highest BCUT2D eigenvalue weighted by molar-refractivity contribution is 5.20. The summed E-state index contributed by atoms with van der Waals surface area (Å²) in [6.07, 6.45) is 2.20. The van der Waals surface area contributed by atoms with Gasteiger partial charge in [0.25, 0.3) is 0 Å². The Morgan fingerprint density at radius 1 is 1.33 bits per heavy atom. The van der Waals surface area contributed by atoms with E-state index in [2.05, 4.69) is 17.3 Å². The minimum absolute atomic E-state index is 0.139. The van der Waals surface area contributed by atoms with Gasteiger partial charge in [-0.25, -0.2) is 4.39 Å². The van der Waals surface area contributed by atoms with Gasteiger partial charge in [-0.1, -0.05) is 19.1 Å². The monoisotopic (exact) mass is 291 g/mol. The summed E-state index contributed by atoms with van der Waals surface area (Å²) < 4.78 is 14.7. The molecule has 0 saturated heterocycles. The fourth-order valence-electron chi connectivity index (χ4n) is 2.36. The molecule has 0 aliphatic heterocycles. The van der Waals surface area contributed by atoms with Crippen molar-refractivity contribution in [3.8, 4) is 0 Å². The van der Waals surface area contributed by atoms with Crippen LogP contribution in [0.3, 0.4) is 0 Å². The van der Waals surface area contributed by atoms with Crippen molar-refractivity contribution in [3.63, 3.8) is 0 Å². The molecule has 1 heterocycles. The lowest BCUT2D eigenvalue weighted by Gasteiger charge is -2.20. The van der Waals surface area contributed by atoms with Crippen LogP contribution in [0.2, 0.25) is 0 Å². The predicted octanol–water partition coefficient (Wildman–Crippen LogP) is 2.33. The Morgan fingerprint density at radius 3 is 2.62 bits per heavy atom. The van der Waals surface area contributed by atoms with Gasteiger partial charge in [0, 0.05) is 31.4 Å². The number of aliphatic hydroxyl groups excluding tert-OH is 1. The van der Waals surface area contributed by atoms with Crippen molar-refractivity contribution in [3.05, 3.63) is 53.1 Å². The van der Waals surface area contributed by atoms with Crippen LogP contribution in [0.1, 0.15) is 36.8 Å². The average molecular weight is 291 g/mol. The largest absolute Gasteiger partial charge is 0.387 e. The number of rotatable bonds is 6. The molecule has 0 amide bonds. The Kier molecular flexibility index (Phi) is 5.09. The maximum absolute atomic E-state index is 12.9. The summed E-state index contributed by atoms with van der Waals surface area (Å²) in [4.78, 5) is 0. The highest BCUT2D eigenvalue weighted by Gasteiger charge is 2.17. The van der Waals surface area contributed by atoms with E-state index in [9.17, 15) is 9.50 Å². The lowest BCUT2D eigenvalue weighted by atomic mass is 10.0. The van der Waals surface area contributed by atoms with E-state index < -0.39 is 6.10 Å². The molecule has 2 rings (SSSR count). The van der Waals surface area contributed by atoms with E-state index in [-0.39, 0.29) is 11.9 Å². The first kappa shape index (κ1) is 15.7. The lowest BCUT2D eigenvalue weighted by molar-refractivity contribution is 0.135. The van der Waals surface area contributed by atoms with Crippen LogP contribution in [0, 0.1) is 5.82 Å². The maximum Gasteiger partial charge on any atom is 0.123 e. The molecule has 5 heteroatoms. The van der Waals surface area contributed by atoms with Crippen LogP contribution < -0.4 is 5.32 Å². The second-order valence-electron chi connectivity index (χ2n) is 5.29. The number of hydrogen-bond donors (Lipinski definition) is 2. The number of aliphatic hydroxyl groups is 1. The number of halogens is 1. The third kappa shape index (κ3) is 3.89. The van der Waals surface area contributed by atoms with Crippen molar-refractivity contribution in [2.75, 3.05) is 0 Å². The molecule has 0 saturated carbocycles. The Morgan fingerprint density at radius 2 is 2.00 bits per heavy atom. The molecule has 2 aromatic rings. The van der Waals surface area contributed by atoms with Gasteiger partial charge in [-0.05, 0) is 31.0 Å². The van der Waals surface area contributed by atoms with Crippen molar-refractivity contribution in [1.29, 1.82) is 0 Å². The van der Waals surface area contributed by atoms with Gasteiger partial charge in [0.1, 0.15) is 5.82 Å². The average Bonchev–Trinajstić information content (AvgIpc) is 2.85. The van der Waals surface area contributed by atoms with Gasteiger partial charge < -0.3 is 10.4 Å². The first-order valence-electron chi connectivity index (χ1n) is 7.19. The summed E-state index contributed by atoms with van der Waals surface area (Å²) in [5.74, 6) is -0.297. The zero-order chi connectivity index (χ0) is 15.4. The number of benzene rings is 1. The summed E-state index contributed by atoms with van der Waals surface area (Å²) in [5, 5.41) is 18.0. The molecular weight excluding hydrogens is 269 g/mol. The minimum Gasteiger partial charge on any atom is -0.387 e. The van der Waals surface area contributed by atoms with E-state index in [1.165, 1.54) is 12.1 Å². The molecule has 2 N–H and O–H groups in total. The zero-order valence-electron chi connectivity index (χ0n) is 12.7. The normalized spacial score (nSPS) is 14.1. The maximum atomic E-state index is 12.9. The zero-order valence-corrected chi connectivity index (χ0v) is 12.7. The molecule has 0 aliphatic rings. The molecule has 1 aromatic heterocycles. The fourth-order valence-corrected chi connectivity index (χ4v) is 2.36. The first-order chi connectivity index (χ1) is 10.0. The van der Waals surface area contributed by atoms with Gasteiger partial charge in [-0.15, -0.1) is 0 Å². The second kappa shape index (κ2) is 6.83. The third-order valence-corrected chi connectivity index (χ3v) is 3.63. The minimum atomic E-state index is -0.674. The van der Waals surface area contributed by atoms with E-state index in [0.29, 0.717) is 12.1 Å². The topological polar surface area (TPSA) is 50.1 Å². The van der Waals surface area contributed by atoms with Gasteiger partial charge in [0.2, 0.25) is 0 Å². The Labute approximate surface area is 124 Å². The van der Waals surface area contributed by atoms with Gasteiger partial charge >= 0.3 is 0 Å². The number of aryl methyl sites for hydroxylation is 2. The van der Waals surface area contributed by atoms with Gasteiger partial charge in [0.05, 0.1) is 11.8 Å². The lowest BCUT2D eigenvalue weighted by Crippen LogP contribution is -2.31. The van der Waals surface area contributed by atoms with Gasteiger partial charge in [-0.3, -0.25) is 4.68 Å². The molecule has 0 spiro atoms. The van der Waals surface area contributed by atoms with Crippen molar-refractivity contribution in [1.82, 2.24) is 15.1 Å². The van der Waals surface area contributed by atoms with Crippen LogP contribution in [0.4, 0.5) is 4.39 Å². The Balaban J connectivity index is 1.97. The number of nitrogens with zero attached hydrogens (tertiary/aromatic N) is 2. The smallest absolute Gasteiger partial charge is 0.123 e. The van der Waals surface area contributed by atoms with Crippen LogP contribution in [0.5, 0.6) is 0 Å². The van der Waals surface area contributed by atoms with Crippen LogP contribution in [0.25, 0.3) is 0 Å². The SMILES string of the molecule is CCc1nn(C)cc1CNC(C)C(O)c1ccc(F)cc1. The van der Waals surface area contributed by atoms with E-state index in [1.807, 2.05) is 20.2 Å². The molecule has 0 radical (unpaired) electrons. The van der Waals surface area contributed by atoms with Crippen LogP contribution in [-0.2, 0) is 20.0 Å². The van der Waals surface area contributed by atoms with Crippen molar-refractivity contribution < 1.29 is 9.50 Å². The molecule has 21 heavy (non-hydrogen) atoms. The molecule has 2 atom stereocenters. The van der Waals surface area contributed by atoms with E-state index in [4.69, 9.17) is 0 Å². The van der Waals surface area contributed by atoms with E-state index >= 15 is 0 Å². The number of aromatic nitrogens is 2. The molecule has 114 valence electrons. The van der Waals surface area contributed by atoms with Crippen LogP contribution >= 0.6 is 0 Å². The molecule has 0 aliphatic carbocycles. The van der Waals surface area contributed by atoms with Crippen molar-refractivity contribution in [2.45, 2.75) is 39.0 Å². The number of hydrogen-bond acceptors (Lipinski definition) is 3. The van der Waals surface area contributed by atoms with Gasteiger partial charge in [0.15, 0.2) is 0 Å². The summed E-state index contributed by atoms with van der Waals surface area (Å²) in [6.45, 7) is 4.63. The quantitative estimate of drug-likeness (QED) is 0.859. The van der Waals surface area contributed by atoms with Crippen molar-refractivity contribution in [2.24, 2.45) is 7.05 Å². The second-order valence-corrected chi connectivity index (χ2v) is 5.29. The Hall–Kier alpha value is -1.72. The Bertz CT molecular complexity index is 580. The summed E-state index contributed by atoms with van der Waals surface area (Å²) >= 11 is 0. The molecule has 0 fully saturated rings. The van der Waals surface area contributed by atoms with E-state index in [1.54, 1.807) is 16.8 Å². The van der Waals surface area contributed by atoms with Crippen LogP contribution in [-0.4, -0.2) is 20.9 Å². The first-order valence-corrected chi connectivity index (χ1v) is 7.19. The highest BCUT2D eigenvalue weighted by Crippen LogP contribution is 2.18. The molecule has 0 bridgehead atoms. The number of nitrogens with one attached hydrogen (secondary N) is 1. The summed E-state index contributed by atoms with van der Waals surface area (Å²) in [7, 11) is 1.90. The standard InChI is InChI=1S/C16H22FN3O/c1-4-15-13(10-20(3)19-15)9-18-11(2)16(21)12-5-7-14(17)8-6-12/h5-8,10-11,16,18,21H,4,9H2,1-3H3. The predicted molar refractivity (Wildman–Crippen MR) is 80.2 cm³/mol. The molecular formula is C16H22FN3O. The fraction of sp³-hybridized carbons (Fsp3) is 0.438.